The molecule has 0 spiro atoms. The molecule has 3 rings (SSSR count). The van der Waals surface area contributed by atoms with Crippen LogP contribution < -0.4 is 14.8 Å². The highest BCUT2D eigenvalue weighted by atomic mass is 16.5. The van der Waals surface area contributed by atoms with E-state index in [0.717, 1.165) is 34.6 Å². The van der Waals surface area contributed by atoms with Crippen molar-refractivity contribution in [2.24, 2.45) is 0 Å². The van der Waals surface area contributed by atoms with Crippen molar-refractivity contribution in [1.29, 1.82) is 0 Å². The van der Waals surface area contributed by atoms with E-state index in [2.05, 4.69) is 17.2 Å². The lowest BCUT2D eigenvalue weighted by Crippen LogP contribution is -2.23. The van der Waals surface area contributed by atoms with Gasteiger partial charge in [-0.1, -0.05) is 13.0 Å². The summed E-state index contributed by atoms with van der Waals surface area (Å²) in [5.74, 6) is 2.00. The maximum atomic E-state index is 12.6. The van der Waals surface area contributed by atoms with Gasteiger partial charge in [0.05, 0.1) is 7.11 Å². The summed E-state index contributed by atoms with van der Waals surface area (Å²) in [5.41, 5.74) is 3.40. The Morgan fingerprint density at radius 3 is 2.53 bits per heavy atom. The van der Waals surface area contributed by atoms with E-state index in [4.69, 9.17) is 9.47 Å². The molecule has 32 heavy (non-hydrogen) atoms. The van der Waals surface area contributed by atoms with Crippen LogP contribution in [0.1, 0.15) is 46.8 Å². The Hall–Kier alpha value is -3.67. The standard InChI is InChI=1S/C26H28N2O4/c1-4-20-15-22(8-11-25(20)31-3)32-24-10-7-21(14-18(24)2)23(29)9-12-26(30)28-17-19-6-5-13-27-16-19/h5-8,10-11,13-16H,4,9,12,17H2,1-3H3,(H,28,30). The molecule has 1 N–H and O–H groups in total. The summed E-state index contributed by atoms with van der Waals surface area (Å²) in [6.45, 7) is 4.36. The van der Waals surface area contributed by atoms with E-state index in [1.54, 1.807) is 37.7 Å². The molecule has 0 aliphatic carbocycles. The summed E-state index contributed by atoms with van der Waals surface area (Å²) in [6.07, 6.45) is 4.51. The van der Waals surface area contributed by atoms with Crippen molar-refractivity contribution in [2.75, 3.05) is 7.11 Å². The first-order chi connectivity index (χ1) is 15.5. The van der Waals surface area contributed by atoms with Crippen molar-refractivity contribution in [3.63, 3.8) is 0 Å². The number of Topliss-reactive ketones (excluding diaryl/α,β-unsaturated/α-hetero) is 1. The minimum atomic E-state index is -0.162. The molecule has 0 atom stereocenters. The zero-order valence-electron chi connectivity index (χ0n) is 18.7. The predicted molar refractivity (Wildman–Crippen MR) is 123 cm³/mol. The number of ketones is 1. The van der Waals surface area contributed by atoms with Crippen LogP contribution in [0.25, 0.3) is 0 Å². The number of methoxy groups -OCH3 is 1. The Bertz CT molecular complexity index is 1080. The van der Waals surface area contributed by atoms with Gasteiger partial charge in [0.15, 0.2) is 5.78 Å². The topological polar surface area (TPSA) is 77.5 Å². The van der Waals surface area contributed by atoms with Gasteiger partial charge in [-0.15, -0.1) is 0 Å². The molecular formula is C26H28N2O4. The van der Waals surface area contributed by atoms with Crippen LogP contribution in [0.15, 0.2) is 60.9 Å². The molecule has 0 aliphatic heterocycles. The average molecular weight is 433 g/mol. The molecule has 2 aromatic carbocycles. The van der Waals surface area contributed by atoms with Crippen molar-refractivity contribution in [2.45, 2.75) is 39.7 Å². The van der Waals surface area contributed by atoms with E-state index in [9.17, 15) is 9.59 Å². The lowest BCUT2D eigenvalue weighted by atomic mass is 10.0. The number of carbonyl (C=O) groups excluding carboxylic acids is 2. The van der Waals surface area contributed by atoms with Crippen LogP contribution in [-0.2, 0) is 17.8 Å². The molecule has 1 aromatic heterocycles. The number of nitrogens with one attached hydrogen (secondary N) is 1. The molecule has 3 aromatic rings. The molecule has 0 radical (unpaired) electrons. The minimum Gasteiger partial charge on any atom is -0.496 e. The van der Waals surface area contributed by atoms with E-state index in [0.29, 0.717) is 17.9 Å². The van der Waals surface area contributed by atoms with E-state index < -0.39 is 0 Å². The quantitative estimate of drug-likeness (QED) is 0.455. The van der Waals surface area contributed by atoms with Crippen LogP contribution >= 0.6 is 0 Å². The van der Waals surface area contributed by atoms with Crippen LogP contribution in [0.4, 0.5) is 0 Å². The van der Waals surface area contributed by atoms with Gasteiger partial charge in [0.2, 0.25) is 5.91 Å². The summed E-state index contributed by atoms with van der Waals surface area (Å²) in [5, 5.41) is 2.81. The van der Waals surface area contributed by atoms with E-state index in [-0.39, 0.29) is 24.5 Å². The Morgan fingerprint density at radius 2 is 1.84 bits per heavy atom. The number of hydrogen-bond donors (Lipinski definition) is 1. The smallest absolute Gasteiger partial charge is 0.220 e. The van der Waals surface area contributed by atoms with Gasteiger partial charge < -0.3 is 14.8 Å². The number of ether oxygens (including phenoxy) is 2. The highest BCUT2D eigenvalue weighted by molar-refractivity contribution is 5.98. The van der Waals surface area contributed by atoms with Gasteiger partial charge in [0.25, 0.3) is 0 Å². The van der Waals surface area contributed by atoms with E-state index in [1.165, 1.54) is 0 Å². The third kappa shape index (κ3) is 6.17. The SMILES string of the molecule is CCc1cc(Oc2ccc(C(=O)CCC(=O)NCc3cccnc3)cc2C)ccc1OC. The largest absolute Gasteiger partial charge is 0.496 e. The molecule has 0 aliphatic rings. The third-order valence-electron chi connectivity index (χ3n) is 5.15. The molecule has 6 nitrogen and oxygen atoms in total. The zero-order chi connectivity index (χ0) is 22.9. The van der Waals surface area contributed by atoms with Crippen molar-refractivity contribution >= 4 is 11.7 Å². The Kier molecular flexibility index (Phi) is 7.97. The molecule has 0 fully saturated rings. The second-order valence-electron chi connectivity index (χ2n) is 7.47. The molecule has 6 heteroatoms. The summed E-state index contributed by atoms with van der Waals surface area (Å²) < 4.78 is 11.4. The highest BCUT2D eigenvalue weighted by Gasteiger charge is 2.12. The number of nitrogens with zero attached hydrogens (tertiary/aromatic N) is 1. The van der Waals surface area contributed by atoms with Crippen molar-refractivity contribution in [3.05, 3.63) is 83.2 Å². The number of rotatable bonds is 10. The molecule has 0 saturated carbocycles. The average Bonchev–Trinajstić information content (AvgIpc) is 2.83. The van der Waals surface area contributed by atoms with Crippen LogP contribution in [0.5, 0.6) is 17.2 Å². The van der Waals surface area contributed by atoms with E-state index in [1.807, 2.05) is 37.3 Å². The second kappa shape index (κ2) is 11.1. The van der Waals surface area contributed by atoms with Crippen LogP contribution in [-0.4, -0.2) is 23.8 Å². The summed E-state index contributed by atoms with van der Waals surface area (Å²) in [4.78, 5) is 28.6. The van der Waals surface area contributed by atoms with Crippen LogP contribution in [0.3, 0.4) is 0 Å². The van der Waals surface area contributed by atoms with Gasteiger partial charge in [-0.2, -0.15) is 0 Å². The number of pyridine rings is 1. The lowest BCUT2D eigenvalue weighted by molar-refractivity contribution is -0.121. The fraction of sp³-hybridized carbons (Fsp3) is 0.269. The van der Waals surface area contributed by atoms with Gasteiger partial charge >= 0.3 is 0 Å². The number of carbonyl (C=O) groups is 2. The maximum Gasteiger partial charge on any atom is 0.220 e. The molecule has 0 unspecified atom stereocenters. The van der Waals surface area contributed by atoms with E-state index >= 15 is 0 Å². The van der Waals surface area contributed by atoms with Crippen LogP contribution in [0, 0.1) is 6.92 Å². The number of hydrogen-bond acceptors (Lipinski definition) is 5. The predicted octanol–water partition coefficient (Wildman–Crippen LogP) is 5.03. The zero-order valence-corrected chi connectivity index (χ0v) is 18.7. The maximum absolute atomic E-state index is 12.6. The molecule has 1 heterocycles. The fourth-order valence-corrected chi connectivity index (χ4v) is 3.32. The molecule has 1 amide bonds. The summed E-state index contributed by atoms with van der Waals surface area (Å²) in [6, 6.07) is 14.7. The molecular weight excluding hydrogens is 404 g/mol. The molecule has 0 bridgehead atoms. The molecule has 0 saturated heterocycles. The third-order valence-corrected chi connectivity index (χ3v) is 5.15. The summed E-state index contributed by atoms with van der Waals surface area (Å²) in [7, 11) is 1.65. The summed E-state index contributed by atoms with van der Waals surface area (Å²) >= 11 is 0. The Labute approximate surface area is 188 Å². The molecule has 166 valence electrons. The highest BCUT2D eigenvalue weighted by Crippen LogP contribution is 2.30. The van der Waals surface area contributed by atoms with Gasteiger partial charge in [-0.05, 0) is 72.5 Å². The second-order valence-corrected chi connectivity index (χ2v) is 7.47. The van der Waals surface area contributed by atoms with Crippen molar-refractivity contribution in [1.82, 2.24) is 10.3 Å². The number of aryl methyl sites for hydroxylation is 2. The first-order valence-corrected chi connectivity index (χ1v) is 10.6. The van der Waals surface area contributed by atoms with Crippen molar-refractivity contribution in [3.8, 4) is 17.2 Å². The monoisotopic (exact) mass is 432 g/mol. The number of aromatic nitrogens is 1. The van der Waals surface area contributed by atoms with Crippen LogP contribution in [0.2, 0.25) is 0 Å². The number of amides is 1. The fourth-order valence-electron chi connectivity index (χ4n) is 3.32. The Morgan fingerprint density at radius 1 is 1.03 bits per heavy atom. The Balaban J connectivity index is 1.56. The van der Waals surface area contributed by atoms with Crippen molar-refractivity contribution < 1.29 is 19.1 Å². The minimum absolute atomic E-state index is 0.0751. The first kappa shape index (κ1) is 23.0. The van der Waals surface area contributed by atoms with Gasteiger partial charge in [-0.25, -0.2) is 0 Å². The lowest BCUT2D eigenvalue weighted by Gasteiger charge is -2.13. The number of benzene rings is 2. The van der Waals surface area contributed by atoms with Gasteiger partial charge in [-0.3, -0.25) is 14.6 Å². The van der Waals surface area contributed by atoms with Gasteiger partial charge in [0.1, 0.15) is 17.2 Å². The normalized spacial score (nSPS) is 10.5. The van der Waals surface area contributed by atoms with Gasteiger partial charge in [0, 0.05) is 37.3 Å². The first-order valence-electron chi connectivity index (χ1n) is 10.6.